The van der Waals surface area contributed by atoms with Gasteiger partial charge >= 0.3 is 42.7 Å². The van der Waals surface area contributed by atoms with Crippen LogP contribution in [0.2, 0.25) is 0 Å². The monoisotopic (exact) mass is 376 g/mol. The van der Waals surface area contributed by atoms with E-state index in [4.69, 9.17) is 28.7 Å². The Bertz CT molecular complexity index is 69.1. The van der Waals surface area contributed by atoms with Gasteiger partial charge in [0, 0.05) is 0 Å². The fourth-order valence-corrected chi connectivity index (χ4v) is 0. The first-order chi connectivity index (χ1) is 3.46. The van der Waals surface area contributed by atoms with Crippen LogP contribution in [0.1, 0.15) is 0 Å². The third-order valence-corrected chi connectivity index (χ3v) is 0. The van der Waals surface area contributed by atoms with Crippen molar-refractivity contribution in [1.29, 1.82) is 0 Å². The van der Waals surface area contributed by atoms with Crippen molar-refractivity contribution in [2.45, 2.75) is 0 Å². The molecule has 0 saturated carbocycles. The molecular formula is H9BiO6P2. The molecule has 9 heavy (non-hydrogen) atoms. The third kappa shape index (κ3) is 339. The second-order valence-corrected chi connectivity index (χ2v) is 1.70. The van der Waals surface area contributed by atoms with E-state index in [0.29, 0.717) is 0 Å². The van der Waals surface area contributed by atoms with Crippen LogP contribution in [0.3, 0.4) is 0 Å². The standard InChI is InChI=1S/Bi.2H3O3P.3H/c;2*1-4(2)3;;;/h;2*4H,(H2,1,2,3);;;. The van der Waals surface area contributed by atoms with Crippen molar-refractivity contribution >= 4 is 42.7 Å². The maximum absolute atomic E-state index is 8.74. The first kappa shape index (κ1) is 16.6. The normalized spacial score (nSPS) is 7.78. The Labute approximate surface area is 71.6 Å². The zero-order valence-electron chi connectivity index (χ0n) is 4.31. The van der Waals surface area contributed by atoms with Crippen molar-refractivity contribution in [3.05, 3.63) is 0 Å². The zero-order chi connectivity index (χ0) is 7.15. The van der Waals surface area contributed by atoms with Gasteiger partial charge in [-0.2, -0.15) is 0 Å². The number of hydrogen-bond acceptors (Lipinski definition) is 2. The van der Waals surface area contributed by atoms with Gasteiger partial charge in [0.1, 0.15) is 0 Å². The summed E-state index contributed by atoms with van der Waals surface area (Å²) in [7, 11) is -6.26. The van der Waals surface area contributed by atoms with E-state index in [2.05, 4.69) is 0 Å². The van der Waals surface area contributed by atoms with Crippen LogP contribution < -0.4 is 0 Å². The maximum atomic E-state index is 8.74. The molecule has 0 aliphatic rings. The van der Waals surface area contributed by atoms with Gasteiger partial charge in [0.25, 0.3) is 0 Å². The molecule has 4 N–H and O–H groups in total. The van der Waals surface area contributed by atoms with Crippen LogP contribution in [-0.2, 0) is 9.13 Å². The summed E-state index contributed by atoms with van der Waals surface area (Å²) in [5.74, 6) is 0. The minimum atomic E-state index is -3.13. The molecule has 0 unspecified atom stereocenters. The summed E-state index contributed by atoms with van der Waals surface area (Å²) in [6, 6.07) is 0. The van der Waals surface area contributed by atoms with Crippen molar-refractivity contribution in [1.82, 2.24) is 0 Å². The topological polar surface area (TPSA) is 115 Å². The summed E-state index contributed by atoms with van der Waals surface area (Å²) in [5.41, 5.74) is 0. The third-order valence-electron chi connectivity index (χ3n) is 0. The van der Waals surface area contributed by atoms with Gasteiger partial charge in [0.05, 0.1) is 0 Å². The van der Waals surface area contributed by atoms with Crippen LogP contribution in [-0.4, -0.2) is 45.8 Å². The Morgan fingerprint density at radius 3 is 0.778 bits per heavy atom. The van der Waals surface area contributed by atoms with Gasteiger partial charge in [0.2, 0.25) is 0 Å². The van der Waals surface area contributed by atoms with E-state index in [1.165, 1.54) is 0 Å². The van der Waals surface area contributed by atoms with E-state index in [1.54, 1.807) is 0 Å². The van der Waals surface area contributed by atoms with Crippen LogP contribution in [0.4, 0.5) is 0 Å². The molecule has 0 aromatic carbocycles. The van der Waals surface area contributed by atoms with Gasteiger partial charge in [0.15, 0.2) is 0 Å². The van der Waals surface area contributed by atoms with Crippen molar-refractivity contribution in [2.24, 2.45) is 0 Å². The van der Waals surface area contributed by atoms with E-state index < -0.39 is 16.5 Å². The Balaban J connectivity index is -0.0000000720. The molecule has 0 spiro atoms. The van der Waals surface area contributed by atoms with Gasteiger partial charge in [-0.1, -0.05) is 0 Å². The predicted molar refractivity (Wildman–Crippen MR) is 36.8 cm³/mol. The Kier molecular flexibility index (Phi) is 22.0. The molecule has 0 bridgehead atoms. The molecule has 0 amide bonds. The van der Waals surface area contributed by atoms with Crippen molar-refractivity contribution < 1.29 is 28.7 Å². The number of rotatable bonds is 0. The van der Waals surface area contributed by atoms with Crippen molar-refractivity contribution in [2.75, 3.05) is 0 Å². The fraction of sp³-hybridized carbons (Fsp3) is 0. The molecule has 9 heteroatoms. The molecule has 60 valence electrons. The summed E-state index contributed by atoms with van der Waals surface area (Å²) in [4.78, 5) is 28.6. The average Bonchev–Trinajstić information content (AvgIpc) is 1.25. The Morgan fingerprint density at radius 2 is 0.778 bits per heavy atom. The molecule has 0 aliphatic heterocycles. The molecule has 0 radical (unpaired) electrons. The molecule has 0 aromatic rings. The second-order valence-electron chi connectivity index (χ2n) is 0.565. The van der Waals surface area contributed by atoms with E-state index in [1.807, 2.05) is 0 Å². The summed E-state index contributed by atoms with van der Waals surface area (Å²) in [6.45, 7) is 0. The Morgan fingerprint density at radius 1 is 0.778 bits per heavy atom. The van der Waals surface area contributed by atoms with Gasteiger partial charge < -0.3 is 19.6 Å². The van der Waals surface area contributed by atoms with Crippen LogP contribution in [0.15, 0.2) is 0 Å². The van der Waals surface area contributed by atoms with Gasteiger partial charge in [-0.05, 0) is 0 Å². The first-order valence-electron chi connectivity index (χ1n) is 1.30. The van der Waals surface area contributed by atoms with Crippen LogP contribution in [0, 0.1) is 0 Å². The summed E-state index contributed by atoms with van der Waals surface area (Å²) in [6.07, 6.45) is 0. The molecule has 0 heterocycles. The van der Waals surface area contributed by atoms with Crippen molar-refractivity contribution in [3.63, 3.8) is 0 Å². The first-order valence-corrected chi connectivity index (χ1v) is 3.91. The summed E-state index contributed by atoms with van der Waals surface area (Å²) in [5, 5.41) is 0. The average molecular weight is 376 g/mol. The summed E-state index contributed by atoms with van der Waals surface area (Å²) >= 11 is 0. The van der Waals surface area contributed by atoms with Gasteiger partial charge in [-0.25, -0.2) is 0 Å². The van der Waals surface area contributed by atoms with Crippen LogP contribution >= 0.6 is 16.5 Å². The second kappa shape index (κ2) is 11.9. The van der Waals surface area contributed by atoms with Gasteiger partial charge in [-0.15, -0.1) is 0 Å². The molecule has 0 atom stereocenters. The molecule has 0 aliphatic carbocycles. The fourth-order valence-electron chi connectivity index (χ4n) is 0. The van der Waals surface area contributed by atoms with E-state index in [-0.39, 0.29) is 26.2 Å². The van der Waals surface area contributed by atoms with Crippen LogP contribution in [0.5, 0.6) is 0 Å². The van der Waals surface area contributed by atoms with Crippen molar-refractivity contribution in [3.8, 4) is 0 Å². The molecule has 6 nitrogen and oxygen atoms in total. The van der Waals surface area contributed by atoms with E-state index >= 15 is 0 Å². The molecular weight excluding hydrogens is 367 g/mol. The molecule has 0 rings (SSSR count). The molecule has 0 saturated heterocycles. The zero-order valence-corrected chi connectivity index (χ0v) is 11.8. The van der Waals surface area contributed by atoms with E-state index in [9.17, 15) is 0 Å². The van der Waals surface area contributed by atoms with Crippen LogP contribution in [0.25, 0.3) is 0 Å². The molecule has 0 aromatic heterocycles. The number of hydrogen-bond donors (Lipinski definition) is 4. The van der Waals surface area contributed by atoms with E-state index in [0.717, 1.165) is 0 Å². The van der Waals surface area contributed by atoms with Gasteiger partial charge in [-0.3, -0.25) is 9.13 Å². The SMILES string of the molecule is O=[PH](O)O.O=[PH](O)O.[BiH3]. The minimum absolute atomic E-state index is 0. The Hall–Kier alpha value is 1.18. The quantitative estimate of drug-likeness (QED) is 0.276. The molecule has 0 fully saturated rings. The summed E-state index contributed by atoms with van der Waals surface area (Å²) < 4.78 is 17.5. The predicted octanol–water partition coefficient (Wildman–Crippen LogP) is -2.46.